The lowest BCUT2D eigenvalue weighted by molar-refractivity contribution is -0.137. The zero-order valence-corrected chi connectivity index (χ0v) is 11.0. The number of hydrogen-bond acceptors (Lipinski definition) is 3. The molecule has 3 rings (SSSR count). The minimum absolute atomic E-state index is 0.0716. The Kier molecular flexibility index (Phi) is 2.83. The van der Waals surface area contributed by atoms with Gasteiger partial charge in [0.1, 0.15) is 5.52 Å². The number of halogens is 3. The van der Waals surface area contributed by atoms with E-state index in [1.807, 2.05) is 6.92 Å². The molecule has 0 radical (unpaired) electrons. The standard InChI is InChI=1S/C14H15F3N2O/c1-13(6-2-3-11(13)18)12-19-9-7-8(14(15,16)17)4-5-10(9)20-12/h4-5,7,11H,2-3,6,18H2,1H3. The summed E-state index contributed by atoms with van der Waals surface area (Å²) in [5.41, 5.74) is 5.58. The molecule has 2 atom stereocenters. The van der Waals surface area contributed by atoms with Crippen LogP contribution in [0.3, 0.4) is 0 Å². The van der Waals surface area contributed by atoms with Gasteiger partial charge in [-0.15, -0.1) is 0 Å². The number of nitrogens with two attached hydrogens (primary N) is 1. The Morgan fingerprint density at radius 3 is 2.75 bits per heavy atom. The fourth-order valence-corrected chi connectivity index (χ4v) is 2.81. The number of aromatic nitrogens is 1. The van der Waals surface area contributed by atoms with Gasteiger partial charge in [-0.05, 0) is 38.0 Å². The molecular formula is C14H15F3N2O. The smallest absolute Gasteiger partial charge is 0.416 e. The summed E-state index contributed by atoms with van der Waals surface area (Å²) in [6.45, 7) is 1.96. The van der Waals surface area contributed by atoms with Crippen molar-refractivity contribution < 1.29 is 17.6 Å². The van der Waals surface area contributed by atoms with E-state index in [2.05, 4.69) is 4.98 Å². The first kappa shape index (κ1) is 13.4. The molecule has 0 spiro atoms. The van der Waals surface area contributed by atoms with Crippen LogP contribution in [-0.2, 0) is 11.6 Å². The van der Waals surface area contributed by atoms with Crippen molar-refractivity contribution in [2.24, 2.45) is 5.73 Å². The zero-order valence-electron chi connectivity index (χ0n) is 11.0. The third-order valence-electron chi connectivity index (χ3n) is 4.23. The van der Waals surface area contributed by atoms with Gasteiger partial charge >= 0.3 is 6.18 Å². The van der Waals surface area contributed by atoms with Gasteiger partial charge in [0, 0.05) is 6.04 Å². The SMILES string of the molecule is CC1(c2nc3cc(C(F)(F)F)ccc3o2)CCCC1N. The van der Waals surface area contributed by atoms with Gasteiger partial charge in [-0.25, -0.2) is 4.98 Å². The average Bonchev–Trinajstić information content (AvgIpc) is 2.93. The van der Waals surface area contributed by atoms with E-state index in [9.17, 15) is 13.2 Å². The summed E-state index contributed by atoms with van der Waals surface area (Å²) in [6, 6.07) is 3.27. The van der Waals surface area contributed by atoms with Crippen molar-refractivity contribution in [2.45, 2.75) is 43.8 Å². The lowest BCUT2D eigenvalue weighted by Crippen LogP contribution is -2.38. The molecule has 3 nitrogen and oxygen atoms in total. The van der Waals surface area contributed by atoms with Crippen molar-refractivity contribution in [3.63, 3.8) is 0 Å². The van der Waals surface area contributed by atoms with Gasteiger partial charge in [0.25, 0.3) is 0 Å². The molecule has 1 aromatic heterocycles. The lowest BCUT2D eigenvalue weighted by atomic mass is 9.85. The van der Waals surface area contributed by atoms with Crippen LogP contribution in [0.1, 0.15) is 37.6 Å². The average molecular weight is 284 g/mol. The molecule has 0 aliphatic heterocycles. The lowest BCUT2D eigenvalue weighted by Gasteiger charge is -2.24. The number of rotatable bonds is 1. The number of hydrogen-bond donors (Lipinski definition) is 1. The highest BCUT2D eigenvalue weighted by atomic mass is 19.4. The summed E-state index contributed by atoms with van der Waals surface area (Å²) in [4.78, 5) is 4.24. The molecule has 2 unspecified atom stereocenters. The number of nitrogens with zero attached hydrogens (tertiary/aromatic N) is 1. The monoisotopic (exact) mass is 284 g/mol. The summed E-state index contributed by atoms with van der Waals surface area (Å²) in [7, 11) is 0. The van der Waals surface area contributed by atoms with Crippen molar-refractivity contribution in [2.75, 3.05) is 0 Å². The van der Waals surface area contributed by atoms with Gasteiger partial charge in [-0.2, -0.15) is 13.2 Å². The van der Waals surface area contributed by atoms with Crippen LogP contribution >= 0.6 is 0 Å². The Morgan fingerprint density at radius 1 is 1.40 bits per heavy atom. The second kappa shape index (κ2) is 4.22. The topological polar surface area (TPSA) is 52.0 Å². The van der Waals surface area contributed by atoms with Gasteiger partial charge in [-0.1, -0.05) is 6.42 Å². The first-order valence-electron chi connectivity index (χ1n) is 6.54. The summed E-state index contributed by atoms with van der Waals surface area (Å²) in [5, 5.41) is 0. The van der Waals surface area contributed by atoms with Crippen LogP contribution in [0.4, 0.5) is 13.2 Å². The van der Waals surface area contributed by atoms with Gasteiger partial charge in [0.15, 0.2) is 5.58 Å². The molecule has 108 valence electrons. The van der Waals surface area contributed by atoms with E-state index in [1.54, 1.807) is 0 Å². The molecule has 1 aliphatic carbocycles. The van der Waals surface area contributed by atoms with E-state index < -0.39 is 17.2 Å². The maximum Gasteiger partial charge on any atom is 0.416 e. The Morgan fingerprint density at radius 2 is 2.15 bits per heavy atom. The van der Waals surface area contributed by atoms with Crippen molar-refractivity contribution in [1.29, 1.82) is 0 Å². The highest BCUT2D eigenvalue weighted by molar-refractivity contribution is 5.73. The molecule has 20 heavy (non-hydrogen) atoms. The fraction of sp³-hybridized carbons (Fsp3) is 0.500. The second-order valence-electron chi connectivity index (χ2n) is 5.62. The van der Waals surface area contributed by atoms with Crippen LogP contribution in [0.2, 0.25) is 0 Å². The maximum absolute atomic E-state index is 12.7. The van der Waals surface area contributed by atoms with Crippen molar-refractivity contribution in [3.05, 3.63) is 29.7 Å². The maximum atomic E-state index is 12.7. The van der Waals surface area contributed by atoms with Gasteiger partial charge in [0.05, 0.1) is 11.0 Å². The Balaban J connectivity index is 2.07. The quantitative estimate of drug-likeness (QED) is 0.870. The van der Waals surface area contributed by atoms with E-state index in [0.29, 0.717) is 11.5 Å². The Bertz CT molecular complexity index is 649. The summed E-state index contributed by atoms with van der Waals surface area (Å²) in [6.07, 6.45) is -1.68. The summed E-state index contributed by atoms with van der Waals surface area (Å²) >= 11 is 0. The summed E-state index contributed by atoms with van der Waals surface area (Å²) in [5.74, 6) is 0.442. The van der Waals surface area contributed by atoms with Crippen molar-refractivity contribution in [1.82, 2.24) is 4.98 Å². The normalized spacial score (nSPS) is 27.4. The molecule has 2 N–H and O–H groups in total. The van der Waals surface area contributed by atoms with Gasteiger partial charge in [-0.3, -0.25) is 0 Å². The minimum atomic E-state index is -4.37. The largest absolute Gasteiger partial charge is 0.440 e. The van der Waals surface area contributed by atoms with Crippen LogP contribution < -0.4 is 5.73 Å². The van der Waals surface area contributed by atoms with E-state index in [0.717, 1.165) is 31.4 Å². The number of alkyl halides is 3. The molecule has 1 aromatic carbocycles. The molecule has 0 amide bonds. The molecule has 2 aromatic rings. The predicted molar refractivity (Wildman–Crippen MR) is 68.2 cm³/mol. The summed E-state index contributed by atoms with van der Waals surface area (Å²) < 4.78 is 43.7. The molecule has 1 aliphatic rings. The molecule has 1 fully saturated rings. The van der Waals surface area contributed by atoms with E-state index >= 15 is 0 Å². The second-order valence-corrected chi connectivity index (χ2v) is 5.62. The number of oxazole rings is 1. The van der Waals surface area contributed by atoms with Crippen LogP contribution in [0, 0.1) is 0 Å². The minimum Gasteiger partial charge on any atom is -0.440 e. The van der Waals surface area contributed by atoms with Crippen molar-refractivity contribution in [3.8, 4) is 0 Å². The first-order valence-corrected chi connectivity index (χ1v) is 6.54. The van der Waals surface area contributed by atoms with Crippen LogP contribution in [0.15, 0.2) is 22.6 Å². The molecule has 6 heteroatoms. The number of benzene rings is 1. The van der Waals surface area contributed by atoms with E-state index in [-0.39, 0.29) is 11.6 Å². The zero-order chi connectivity index (χ0) is 14.5. The molecule has 0 bridgehead atoms. The van der Waals surface area contributed by atoms with E-state index in [1.165, 1.54) is 6.07 Å². The first-order chi connectivity index (χ1) is 9.30. The van der Waals surface area contributed by atoms with Crippen LogP contribution in [0.25, 0.3) is 11.1 Å². The third-order valence-corrected chi connectivity index (χ3v) is 4.23. The molecular weight excluding hydrogens is 269 g/mol. The van der Waals surface area contributed by atoms with Crippen LogP contribution in [0.5, 0.6) is 0 Å². The van der Waals surface area contributed by atoms with E-state index in [4.69, 9.17) is 10.2 Å². The molecule has 1 saturated carbocycles. The molecule has 1 heterocycles. The van der Waals surface area contributed by atoms with Crippen molar-refractivity contribution >= 4 is 11.1 Å². The third kappa shape index (κ3) is 1.98. The highest BCUT2D eigenvalue weighted by Gasteiger charge is 2.42. The van der Waals surface area contributed by atoms with Gasteiger partial charge in [0.2, 0.25) is 5.89 Å². The number of fused-ring (bicyclic) bond motifs is 1. The highest BCUT2D eigenvalue weighted by Crippen LogP contribution is 2.41. The Labute approximate surface area is 114 Å². The molecule has 0 saturated heterocycles. The Hall–Kier alpha value is -1.56. The fourth-order valence-electron chi connectivity index (χ4n) is 2.81. The van der Waals surface area contributed by atoms with Crippen LogP contribution in [-0.4, -0.2) is 11.0 Å². The van der Waals surface area contributed by atoms with Gasteiger partial charge < -0.3 is 10.2 Å². The predicted octanol–water partition coefficient (Wildman–Crippen LogP) is 3.62.